The van der Waals surface area contributed by atoms with Gasteiger partial charge in [-0.3, -0.25) is 9.10 Å². The van der Waals surface area contributed by atoms with Gasteiger partial charge in [0.25, 0.3) is 5.91 Å². The largest absolute Gasteiger partial charge is 0.493 e. The van der Waals surface area contributed by atoms with Crippen molar-refractivity contribution in [3.05, 3.63) is 83.2 Å². The lowest BCUT2D eigenvalue weighted by Crippen LogP contribution is -2.40. The Bertz CT molecular complexity index is 1350. The van der Waals surface area contributed by atoms with Crippen molar-refractivity contribution in [1.82, 2.24) is 9.62 Å². The second kappa shape index (κ2) is 11.9. The monoisotopic (exact) mass is 531 g/mol. The maximum Gasteiger partial charge on any atom is 0.303 e. The summed E-state index contributed by atoms with van der Waals surface area (Å²) in [7, 11) is 3.30. The zero-order valence-electron chi connectivity index (χ0n) is 21.3. The Hall–Kier alpha value is -3.83. The van der Waals surface area contributed by atoms with Crippen LogP contribution in [0.1, 0.15) is 21.5 Å². The summed E-state index contributed by atoms with van der Waals surface area (Å²) >= 11 is 0. The average molecular weight is 532 g/mol. The molecule has 0 aliphatic rings. The van der Waals surface area contributed by atoms with Crippen LogP contribution in [0.2, 0.25) is 0 Å². The third-order valence-corrected chi connectivity index (χ3v) is 7.43. The number of anilines is 1. The Labute approximate surface area is 216 Å². The Morgan fingerprint density at radius 2 is 1.54 bits per heavy atom. The van der Waals surface area contributed by atoms with Gasteiger partial charge in [-0.2, -0.15) is 12.7 Å². The van der Waals surface area contributed by atoms with Crippen LogP contribution in [0.15, 0.2) is 60.7 Å². The third kappa shape index (κ3) is 6.12. The Morgan fingerprint density at radius 1 is 0.892 bits per heavy atom. The molecule has 9 nitrogen and oxygen atoms in total. The lowest BCUT2D eigenvalue weighted by atomic mass is 10.1. The molecule has 1 N–H and O–H groups in total. The number of carbonyl (C=O) groups excluding carboxylic acids is 1. The molecule has 3 aromatic rings. The van der Waals surface area contributed by atoms with Crippen molar-refractivity contribution in [1.29, 1.82) is 0 Å². The van der Waals surface area contributed by atoms with Gasteiger partial charge in [0, 0.05) is 31.8 Å². The van der Waals surface area contributed by atoms with E-state index < -0.39 is 16.0 Å². The van der Waals surface area contributed by atoms with Crippen molar-refractivity contribution in [2.75, 3.05) is 39.7 Å². The topological polar surface area (TPSA) is 97.4 Å². The number of methoxy groups -OCH3 is 3. The predicted octanol–water partition coefficient (Wildman–Crippen LogP) is 3.59. The number of rotatable bonds is 11. The number of para-hydroxylation sites is 1. The molecule has 0 saturated heterocycles. The molecule has 0 bridgehead atoms. The zero-order valence-corrected chi connectivity index (χ0v) is 22.1. The van der Waals surface area contributed by atoms with E-state index >= 15 is 0 Å². The Balaban J connectivity index is 1.77. The zero-order chi connectivity index (χ0) is 27.2. The molecule has 0 aliphatic carbocycles. The molecule has 0 heterocycles. The minimum atomic E-state index is -3.98. The fourth-order valence-corrected chi connectivity index (χ4v) is 4.75. The minimum absolute atomic E-state index is 0.0677. The molecule has 3 rings (SSSR count). The molecular formula is C26H30FN3O6S. The smallest absolute Gasteiger partial charge is 0.303 e. The Morgan fingerprint density at radius 3 is 2.11 bits per heavy atom. The van der Waals surface area contributed by atoms with Crippen LogP contribution in [0.4, 0.5) is 10.1 Å². The van der Waals surface area contributed by atoms with E-state index in [4.69, 9.17) is 14.2 Å². The van der Waals surface area contributed by atoms with E-state index in [9.17, 15) is 17.6 Å². The number of nitrogens with one attached hydrogen (secondary N) is 1. The van der Waals surface area contributed by atoms with Gasteiger partial charge in [0.05, 0.1) is 33.6 Å². The second-order valence-electron chi connectivity index (χ2n) is 8.12. The maximum atomic E-state index is 14.5. The number of carbonyl (C=O) groups is 1. The van der Waals surface area contributed by atoms with Gasteiger partial charge in [-0.25, -0.2) is 4.39 Å². The second-order valence-corrected chi connectivity index (χ2v) is 10.2. The normalized spacial score (nSPS) is 11.2. The molecule has 0 radical (unpaired) electrons. The third-order valence-electron chi connectivity index (χ3n) is 5.63. The van der Waals surface area contributed by atoms with Gasteiger partial charge in [-0.1, -0.05) is 24.3 Å². The van der Waals surface area contributed by atoms with Crippen LogP contribution in [0.25, 0.3) is 0 Å². The van der Waals surface area contributed by atoms with Gasteiger partial charge in [-0.05, 0) is 42.0 Å². The van der Waals surface area contributed by atoms with Gasteiger partial charge in [0.1, 0.15) is 5.82 Å². The van der Waals surface area contributed by atoms with Gasteiger partial charge in [-0.15, -0.1) is 0 Å². The number of ether oxygens (including phenoxy) is 3. The molecule has 0 spiro atoms. The fraction of sp³-hybridized carbons (Fsp3) is 0.269. The summed E-state index contributed by atoms with van der Waals surface area (Å²) in [6.07, 6.45) is 0. The van der Waals surface area contributed by atoms with Gasteiger partial charge >= 0.3 is 10.2 Å². The van der Waals surface area contributed by atoms with E-state index in [1.54, 1.807) is 42.5 Å². The highest BCUT2D eigenvalue weighted by molar-refractivity contribution is 7.90. The average Bonchev–Trinajstić information content (AvgIpc) is 2.90. The fourth-order valence-electron chi connectivity index (χ4n) is 3.65. The highest BCUT2D eigenvalue weighted by Gasteiger charge is 2.27. The molecule has 37 heavy (non-hydrogen) atoms. The van der Waals surface area contributed by atoms with Crippen LogP contribution in [-0.2, 0) is 23.3 Å². The molecule has 3 aromatic carbocycles. The van der Waals surface area contributed by atoms with E-state index in [-0.39, 0.29) is 24.7 Å². The van der Waals surface area contributed by atoms with Crippen LogP contribution in [0.5, 0.6) is 17.2 Å². The summed E-state index contributed by atoms with van der Waals surface area (Å²) in [5.74, 6) is 0.386. The van der Waals surface area contributed by atoms with E-state index in [0.717, 1.165) is 8.61 Å². The molecule has 198 valence electrons. The molecular weight excluding hydrogens is 501 g/mol. The quantitative estimate of drug-likeness (QED) is 0.406. The lowest BCUT2D eigenvalue weighted by molar-refractivity contribution is 0.0950. The van der Waals surface area contributed by atoms with E-state index in [2.05, 4.69) is 5.32 Å². The maximum absolute atomic E-state index is 14.5. The number of benzene rings is 3. The summed E-state index contributed by atoms with van der Waals surface area (Å²) in [6.45, 7) is 0.0540. The van der Waals surface area contributed by atoms with Crippen molar-refractivity contribution in [2.45, 2.75) is 13.1 Å². The standard InChI is InChI=1S/C26H30FN3O6S/c1-29(2)37(32,33)30(22-9-7-6-8-21(22)27)17-18-10-12-19(13-11-18)26(31)28-16-20-14-15-23(34-3)25(36-5)24(20)35-4/h6-15H,16-17H2,1-5H3,(H,28,31). The molecule has 11 heteroatoms. The molecule has 1 amide bonds. The number of hydrogen-bond donors (Lipinski definition) is 1. The SMILES string of the molecule is COc1ccc(CNC(=O)c2ccc(CN(c3ccccc3F)S(=O)(=O)N(C)C)cc2)c(OC)c1OC. The lowest BCUT2D eigenvalue weighted by Gasteiger charge is -2.27. The van der Waals surface area contributed by atoms with Crippen molar-refractivity contribution in [3.63, 3.8) is 0 Å². The summed E-state index contributed by atoms with van der Waals surface area (Å²) in [5.41, 5.74) is 1.57. The van der Waals surface area contributed by atoms with Crippen LogP contribution in [0, 0.1) is 5.82 Å². The minimum Gasteiger partial charge on any atom is -0.493 e. The van der Waals surface area contributed by atoms with E-state index in [1.165, 1.54) is 53.6 Å². The number of hydrogen-bond acceptors (Lipinski definition) is 6. The summed E-state index contributed by atoms with van der Waals surface area (Å²) in [6, 6.07) is 15.6. The van der Waals surface area contributed by atoms with Crippen LogP contribution >= 0.6 is 0 Å². The summed E-state index contributed by atoms with van der Waals surface area (Å²) < 4.78 is 58.4. The first-order chi connectivity index (χ1) is 17.6. The number of nitrogens with zero attached hydrogens (tertiary/aromatic N) is 2. The highest BCUT2D eigenvalue weighted by atomic mass is 32.2. The summed E-state index contributed by atoms with van der Waals surface area (Å²) in [4.78, 5) is 12.8. The number of halogens is 1. The Kier molecular flexibility index (Phi) is 8.95. The van der Waals surface area contributed by atoms with Crippen LogP contribution in [-0.4, -0.2) is 54.1 Å². The first-order valence-corrected chi connectivity index (χ1v) is 12.6. The van der Waals surface area contributed by atoms with E-state index in [0.29, 0.717) is 33.9 Å². The molecule has 0 saturated carbocycles. The van der Waals surface area contributed by atoms with Crippen molar-refractivity contribution in [3.8, 4) is 17.2 Å². The molecule has 0 aliphatic heterocycles. The van der Waals surface area contributed by atoms with Crippen molar-refractivity contribution in [2.24, 2.45) is 0 Å². The molecule has 0 atom stereocenters. The van der Waals surface area contributed by atoms with Gasteiger partial charge in [0.2, 0.25) is 5.75 Å². The van der Waals surface area contributed by atoms with E-state index in [1.807, 2.05) is 0 Å². The molecule has 0 aromatic heterocycles. The van der Waals surface area contributed by atoms with Gasteiger partial charge < -0.3 is 19.5 Å². The highest BCUT2D eigenvalue weighted by Crippen LogP contribution is 2.39. The molecule has 0 unspecified atom stereocenters. The first kappa shape index (κ1) is 27.8. The van der Waals surface area contributed by atoms with Crippen molar-refractivity contribution >= 4 is 21.8 Å². The predicted molar refractivity (Wildman–Crippen MR) is 139 cm³/mol. The van der Waals surface area contributed by atoms with Crippen LogP contribution in [0.3, 0.4) is 0 Å². The first-order valence-electron chi connectivity index (χ1n) is 11.2. The van der Waals surface area contributed by atoms with Crippen LogP contribution < -0.4 is 23.8 Å². The van der Waals surface area contributed by atoms with Crippen molar-refractivity contribution < 1.29 is 31.8 Å². The number of amides is 1. The summed E-state index contributed by atoms with van der Waals surface area (Å²) in [5, 5.41) is 2.83. The molecule has 0 fully saturated rings. The van der Waals surface area contributed by atoms with Gasteiger partial charge in [0.15, 0.2) is 11.5 Å².